The zero-order valence-corrected chi connectivity index (χ0v) is 15.2. The van der Waals surface area contributed by atoms with E-state index in [0.717, 1.165) is 14.8 Å². The molecule has 0 aliphatic heterocycles. The number of hydrogen-bond donors (Lipinski definition) is 0. The van der Waals surface area contributed by atoms with E-state index < -0.39 is 0 Å². The van der Waals surface area contributed by atoms with Gasteiger partial charge in [-0.3, -0.25) is 0 Å². The predicted molar refractivity (Wildman–Crippen MR) is 92.9 cm³/mol. The summed E-state index contributed by atoms with van der Waals surface area (Å²) >= 11 is 5.93. The third-order valence-electron chi connectivity index (χ3n) is 4.08. The van der Waals surface area contributed by atoms with Gasteiger partial charge in [-0.25, -0.2) is 0 Å². The molecule has 3 atom stereocenters. The van der Waals surface area contributed by atoms with Gasteiger partial charge in [-0.1, -0.05) is 76.8 Å². The van der Waals surface area contributed by atoms with E-state index in [1.807, 2.05) is 0 Å². The van der Waals surface area contributed by atoms with Crippen molar-refractivity contribution in [2.45, 2.75) is 51.2 Å². The van der Waals surface area contributed by atoms with Gasteiger partial charge in [-0.15, -0.1) is 0 Å². The maximum atomic E-state index is 6.45. The third kappa shape index (κ3) is 4.43. The van der Waals surface area contributed by atoms with Gasteiger partial charge in [0.15, 0.2) is 0 Å². The Kier molecular flexibility index (Phi) is 6.63. The molecule has 19 heavy (non-hydrogen) atoms. The first kappa shape index (κ1) is 15.8. The SMILES string of the molecule is CCC1CCCCC1OC(CI)c1ccc(Br)cc1. The second-order valence-corrected chi connectivity index (χ2v) is 7.12. The van der Waals surface area contributed by atoms with E-state index in [1.165, 1.54) is 37.7 Å². The fourth-order valence-corrected chi connectivity index (χ4v) is 3.89. The van der Waals surface area contributed by atoms with E-state index in [9.17, 15) is 0 Å². The zero-order chi connectivity index (χ0) is 13.7. The highest BCUT2D eigenvalue weighted by atomic mass is 127. The van der Waals surface area contributed by atoms with E-state index >= 15 is 0 Å². The molecule has 1 nitrogen and oxygen atoms in total. The lowest BCUT2D eigenvalue weighted by atomic mass is 9.84. The molecule has 1 saturated carbocycles. The second-order valence-electron chi connectivity index (χ2n) is 5.32. The molecule has 106 valence electrons. The van der Waals surface area contributed by atoms with Crippen LogP contribution in [0.25, 0.3) is 0 Å². The Morgan fingerprint density at radius 1 is 1.26 bits per heavy atom. The van der Waals surface area contributed by atoms with Crippen LogP contribution in [0.1, 0.15) is 50.7 Å². The van der Waals surface area contributed by atoms with Gasteiger partial charge in [0.2, 0.25) is 0 Å². The first-order chi connectivity index (χ1) is 9.24. The van der Waals surface area contributed by atoms with Crippen LogP contribution in [0.15, 0.2) is 28.7 Å². The van der Waals surface area contributed by atoms with E-state index in [1.54, 1.807) is 0 Å². The fraction of sp³-hybridized carbons (Fsp3) is 0.625. The van der Waals surface area contributed by atoms with Gasteiger partial charge in [-0.2, -0.15) is 0 Å². The summed E-state index contributed by atoms with van der Waals surface area (Å²) in [7, 11) is 0. The average Bonchev–Trinajstić information content (AvgIpc) is 2.46. The Morgan fingerprint density at radius 2 is 1.95 bits per heavy atom. The van der Waals surface area contributed by atoms with Crippen molar-refractivity contribution < 1.29 is 4.74 Å². The maximum Gasteiger partial charge on any atom is 0.0918 e. The Hall–Kier alpha value is 0.390. The van der Waals surface area contributed by atoms with Gasteiger partial charge in [0, 0.05) is 8.90 Å². The van der Waals surface area contributed by atoms with E-state index in [0.29, 0.717) is 6.10 Å². The van der Waals surface area contributed by atoms with Crippen molar-refractivity contribution in [1.82, 2.24) is 0 Å². The van der Waals surface area contributed by atoms with Gasteiger partial charge >= 0.3 is 0 Å². The number of halogens is 2. The lowest BCUT2D eigenvalue weighted by molar-refractivity contribution is -0.0517. The van der Waals surface area contributed by atoms with Crippen LogP contribution >= 0.6 is 38.5 Å². The summed E-state index contributed by atoms with van der Waals surface area (Å²) in [6, 6.07) is 8.57. The van der Waals surface area contributed by atoms with Gasteiger partial charge in [0.25, 0.3) is 0 Å². The molecule has 0 amide bonds. The predicted octanol–water partition coefficient (Wildman–Crippen LogP) is 5.91. The summed E-state index contributed by atoms with van der Waals surface area (Å²) < 4.78 is 8.60. The van der Waals surface area contributed by atoms with Crippen molar-refractivity contribution in [2.75, 3.05) is 4.43 Å². The number of rotatable bonds is 5. The molecule has 0 spiro atoms. The summed E-state index contributed by atoms with van der Waals surface area (Å²) in [5.74, 6) is 0.759. The molecular weight excluding hydrogens is 415 g/mol. The van der Waals surface area contributed by atoms with Gasteiger partial charge in [0.05, 0.1) is 12.2 Å². The van der Waals surface area contributed by atoms with Crippen LogP contribution in [0.4, 0.5) is 0 Å². The topological polar surface area (TPSA) is 9.23 Å². The van der Waals surface area contributed by atoms with Crippen LogP contribution in [0, 0.1) is 5.92 Å². The smallest absolute Gasteiger partial charge is 0.0918 e. The fourth-order valence-electron chi connectivity index (χ4n) is 2.91. The van der Waals surface area contributed by atoms with Crippen LogP contribution < -0.4 is 0 Å². The molecule has 3 heteroatoms. The summed E-state index contributed by atoms with van der Waals surface area (Å²) in [6.07, 6.45) is 7.24. The molecule has 1 aliphatic rings. The minimum Gasteiger partial charge on any atom is -0.369 e. The number of hydrogen-bond acceptors (Lipinski definition) is 1. The molecule has 1 aliphatic carbocycles. The van der Waals surface area contributed by atoms with Crippen molar-refractivity contribution in [3.05, 3.63) is 34.3 Å². The van der Waals surface area contributed by atoms with Crippen molar-refractivity contribution in [3.8, 4) is 0 Å². The van der Waals surface area contributed by atoms with Crippen molar-refractivity contribution >= 4 is 38.5 Å². The molecule has 0 saturated heterocycles. The minimum atomic E-state index is 0.242. The summed E-state index contributed by atoms with van der Waals surface area (Å²) in [6.45, 7) is 2.30. The Balaban J connectivity index is 2.03. The van der Waals surface area contributed by atoms with E-state index in [-0.39, 0.29) is 6.10 Å². The average molecular weight is 437 g/mol. The van der Waals surface area contributed by atoms with Crippen LogP contribution in [0.5, 0.6) is 0 Å². The van der Waals surface area contributed by atoms with E-state index in [4.69, 9.17) is 4.74 Å². The first-order valence-electron chi connectivity index (χ1n) is 7.21. The molecule has 3 unspecified atom stereocenters. The molecule has 1 fully saturated rings. The first-order valence-corrected chi connectivity index (χ1v) is 9.53. The lowest BCUT2D eigenvalue weighted by Crippen LogP contribution is -2.29. The summed E-state index contributed by atoms with van der Waals surface area (Å²) in [5.41, 5.74) is 1.30. The van der Waals surface area contributed by atoms with Gasteiger partial charge in [-0.05, 0) is 36.5 Å². The Labute approximate surface area is 138 Å². The highest BCUT2D eigenvalue weighted by Gasteiger charge is 2.27. The van der Waals surface area contributed by atoms with Crippen LogP contribution in [-0.2, 0) is 4.74 Å². The van der Waals surface area contributed by atoms with Gasteiger partial charge in [0.1, 0.15) is 0 Å². The second kappa shape index (κ2) is 7.99. The molecule has 0 radical (unpaired) electrons. The molecule has 0 aromatic heterocycles. The molecular formula is C16H22BrIO. The normalized spacial score (nSPS) is 25.2. The third-order valence-corrected chi connectivity index (χ3v) is 5.41. The molecule has 0 heterocycles. The van der Waals surface area contributed by atoms with E-state index in [2.05, 4.69) is 69.7 Å². The molecule has 2 rings (SSSR count). The highest BCUT2D eigenvalue weighted by Crippen LogP contribution is 2.33. The molecule has 1 aromatic carbocycles. The largest absolute Gasteiger partial charge is 0.369 e. The number of alkyl halides is 1. The maximum absolute atomic E-state index is 6.45. The summed E-state index contributed by atoms with van der Waals surface area (Å²) in [5, 5.41) is 0. The number of benzene rings is 1. The zero-order valence-electron chi connectivity index (χ0n) is 11.4. The van der Waals surface area contributed by atoms with Gasteiger partial charge < -0.3 is 4.74 Å². The van der Waals surface area contributed by atoms with Crippen molar-refractivity contribution in [3.63, 3.8) is 0 Å². The molecule has 1 aromatic rings. The molecule has 0 bridgehead atoms. The quantitative estimate of drug-likeness (QED) is 0.411. The van der Waals surface area contributed by atoms with Crippen LogP contribution in [-0.4, -0.2) is 10.5 Å². The lowest BCUT2D eigenvalue weighted by Gasteiger charge is -2.33. The highest BCUT2D eigenvalue weighted by molar-refractivity contribution is 14.1. The standard InChI is InChI=1S/C16H22BrIO/c1-2-12-5-3-4-6-15(12)19-16(11-18)13-7-9-14(17)10-8-13/h7-10,12,15-16H,2-6,11H2,1H3. The monoisotopic (exact) mass is 436 g/mol. The summed E-state index contributed by atoms with van der Waals surface area (Å²) in [4.78, 5) is 0. The minimum absolute atomic E-state index is 0.242. The van der Waals surface area contributed by atoms with Crippen LogP contribution in [0.2, 0.25) is 0 Å². The number of ether oxygens (including phenoxy) is 1. The Morgan fingerprint density at radius 3 is 2.58 bits per heavy atom. The van der Waals surface area contributed by atoms with Crippen molar-refractivity contribution in [1.29, 1.82) is 0 Å². The van der Waals surface area contributed by atoms with Crippen LogP contribution in [0.3, 0.4) is 0 Å². The molecule has 0 N–H and O–H groups in total. The van der Waals surface area contributed by atoms with Crippen molar-refractivity contribution in [2.24, 2.45) is 5.92 Å². The Bertz CT molecular complexity index is 379.